The van der Waals surface area contributed by atoms with E-state index in [0.29, 0.717) is 17.7 Å². The fourth-order valence-corrected chi connectivity index (χ4v) is 2.45. The zero-order valence-corrected chi connectivity index (χ0v) is 12.5. The van der Waals surface area contributed by atoms with E-state index < -0.39 is 5.63 Å². The number of methoxy groups -OCH3 is 1. The number of hydrogen-bond donors (Lipinski definition) is 0. The molecule has 3 rings (SSSR count). The Morgan fingerprint density at radius 1 is 1.05 bits per heavy atom. The Kier molecular flexibility index (Phi) is 3.83. The van der Waals surface area contributed by atoms with Crippen LogP contribution in [0.5, 0.6) is 11.7 Å². The van der Waals surface area contributed by atoms with Crippen LogP contribution in [0.3, 0.4) is 0 Å². The fourth-order valence-electron chi connectivity index (χ4n) is 2.45. The van der Waals surface area contributed by atoms with E-state index in [2.05, 4.69) is 0 Å². The highest BCUT2D eigenvalue weighted by molar-refractivity contribution is 5.98. The van der Waals surface area contributed by atoms with E-state index in [1.54, 1.807) is 19.2 Å². The third-order valence-corrected chi connectivity index (χ3v) is 3.44. The molecule has 0 atom stereocenters. The van der Waals surface area contributed by atoms with Crippen LogP contribution < -0.4 is 15.1 Å². The zero-order valence-electron chi connectivity index (χ0n) is 12.5. The van der Waals surface area contributed by atoms with Crippen molar-refractivity contribution in [1.29, 1.82) is 0 Å². The summed E-state index contributed by atoms with van der Waals surface area (Å²) in [6.07, 6.45) is 0. The molecule has 0 saturated heterocycles. The molecule has 0 fully saturated rings. The Morgan fingerprint density at radius 2 is 1.82 bits per heavy atom. The van der Waals surface area contributed by atoms with E-state index in [9.17, 15) is 4.79 Å². The van der Waals surface area contributed by atoms with Gasteiger partial charge in [-0.25, -0.2) is 4.79 Å². The first-order chi connectivity index (χ1) is 10.7. The molecule has 0 radical (unpaired) electrons. The van der Waals surface area contributed by atoms with Crippen molar-refractivity contribution in [2.75, 3.05) is 13.7 Å². The number of hydrogen-bond acceptors (Lipinski definition) is 4. The summed E-state index contributed by atoms with van der Waals surface area (Å²) in [5.41, 5.74) is 1.27. The molecule has 0 unspecified atom stereocenters. The summed E-state index contributed by atoms with van der Waals surface area (Å²) in [6, 6.07) is 15.0. The third-order valence-electron chi connectivity index (χ3n) is 3.44. The lowest BCUT2D eigenvalue weighted by molar-refractivity contribution is 0.247. The minimum atomic E-state index is -0.416. The second kappa shape index (κ2) is 5.93. The Hall–Kier alpha value is -2.75. The first kappa shape index (κ1) is 14.2. The van der Waals surface area contributed by atoms with Crippen LogP contribution >= 0.6 is 0 Å². The van der Waals surface area contributed by atoms with Gasteiger partial charge in [0.2, 0.25) is 0 Å². The number of rotatable bonds is 4. The van der Waals surface area contributed by atoms with Gasteiger partial charge in [0.15, 0.2) is 0 Å². The van der Waals surface area contributed by atoms with Crippen LogP contribution in [0.4, 0.5) is 0 Å². The van der Waals surface area contributed by atoms with Gasteiger partial charge in [-0.1, -0.05) is 30.3 Å². The SMILES string of the molecule is CCOc1oc(=O)c2ccc(OC)cc2c1-c1ccccc1. The molecule has 0 spiro atoms. The van der Waals surface area contributed by atoms with Gasteiger partial charge >= 0.3 is 5.63 Å². The van der Waals surface area contributed by atoms with Gasteiger partial charge in [0.1, 0.15) is 5.75 Å². The quantitative estimate of drug-likeness (QED) is 0.733. The Balaban J connectivity index is 2.41. The van der Waals surface area contributed by atoms with Crippen LogP contribution in [0.25, 0.3) is 21.9 Å². The summed E-state index contributed by atoms with van der Waals surface area (Å²) in [6.45, 7) is 2.27. The van der Waals surface area contributed by atoms with Crippen LogP contribution in [0, 0.1) is 0 Å². The molecule has 3 aromatic rings. The van der Waals surface area contributed by atoms with Crippen molar-refractivity contribution < 1.29 is 13.9 Å². The molecule has 4 nitrogen and oxygen atoms in total. The molecule has 0 aliphatic carbocycles. The van der Waals surface area contributed by atoms with Crippen LogP contribution in [-0.4, -0.2) is 13.7 Å². The van der Waals surface area contributed by atoms with E-state index in [-0.39, 0.29) is 5.95 Å². The van der Waals surface area contributed by atoms with Gasteiger partial charge in [0, 0.05) is 5.39 Å². The molecular formula is C18H16O4. The summed E-state index contributed by atoms with van der Waals surface area (Å²) in [5.74, 6) is 0.914. The summed E-state index contributed by atoms with van der Waals surface area (Å²) in [5, 5.41) is 1.26. The lowest BCUT2D eigenvalue weighted by atomic mass is 10.0. The van der Waals surface area contributed by atoms with E-state index in [4.69, 9.17) is 13.9 Å². The van der Waals surface area contributed by atoms with Gasteiger partial charge in [-0.2, -0.15) is 0 Å². The normalized spacial score (nSPS) is 10.6. The predicted molar refractivity (Wildman–Crippen MR) is 85.6 cm³/mol. The van der Waals surface area contributed by atoms with Crippen LogP contribution in [0.2, 0.25) is 0 Å². The number of ether oxygens (including phenoxy) is 2. The van der Waals surface area contributed by atoms with Crippen molar-refractivity contribution in [1.82, 2.24) is 0 Å². The molecule has 0 bridgehead atoms. The van der Waals surface area contributed by atoms with Crippen molar-refractivity contribution in [2.45, 2.75) is 6.92 Å². The molecule has 4 heteroatoms. The predicted octanol–water partition coefficient (Wildman–Crippen LogP) is 3.87. The van der Waals surface area contributed by atoms with Gasteiger partial charge in [-0.15, -0.1) is 0 Å². The van der Waals surface area contributed by atoms with Gasteiger partial charge < -0.3 is 13.9 Å². The highest BCUT2D eigenvalue weighted by atomic mass is 16.6. The molecule has 2 aromatic carbocycles. The minimum absolute atomic E-state index is 0.236. The van der Waals surface area contributed by atoms with Crippen molar-refractivity contribution in [3.05, 3.63) is 59.0 Å². The van der Waals surface area contributed by atoms with Crippen molar-refractivity contribution in [3.63, 3.8) is 0 Å². The van der Waals surface area contributed by atoms with E-state index in [0.717, 1.165) is 16.5 Å². The first-order valence-corrected chi connectivity index (χ1v) is 7.07. The Bertz CT molecular complexity index is 850. The average molecular weight is 296 g/mol. The van der Waals surface area contributed by atoms with Crippen molar-refractivity contribution in [3.8, 4) is 22.8 Å². The van der Waals surface area contributed by atoms with Crippen LogP contribution in [0.1, 0.15) is 6.92 Å². The van der Waals surface area contributed by atoms with Gasteiger partial charge in [-0.3, -0.25) is 0 Å². The highest BCUT2D eigenvalue weighted by Crippen LogP contribution is 2.36. The summed E-state index contributed by atoms with van der Waals surface area (Å²) in [7, 11) is 1.60. The highest BCUT2D eigenvalue weighted by Gasteiger charge is 2.17. The van der Waals surface area contributed by atoms with E-state index in [1.807, 2.05) is 43.3 Å². The molecule has 1 heterocycles. The molecule has 0 aliphatic heterocycles. The van der Waals surface area contributed by atoms with Gasteiger partial charge in [0.05, 0.1) is 24.7 Å². The maximum atomic E-state index is 12.2. The lowest BCUT2D eigenvalue weighted by Crippen LogP contribution is -2.05. The monoisotopic (exact) mass is 296 g/mol. The van der Waals surface area contributed by atoms with E-state index in [1.165, 1.54) is 0 Å². The number of fused-ring (bicyclic) bond motifs is 1. The second-order valence-electron chi connectivity index (χ2n) is 4.76. The topological polar surface area (TPSA) is 48.7 Å². The minimum Gasteiger partial charge on any atom is -0.497 e. The standard InChI is InChI=1S/C18H16O4/c1-3-21-18-16(12-7-5-4-6-8-12)15-11-13(20-2)9-10-14(15)17(19)22-18/h4-11H,3H2,1-2H3. The van der Waals surface area contributed by atoms with Crippen LogP contribution in [0.15, 0.2) is 57.7 Å². The molecule has 0 aliphatic rings. The largest absolute Gasteiger partial charge is 0.497 e. The van der Waals surface area contributed by atoms with Crippen molar-refractivity contribution in [2.24, 2.45) is 0 Å². The zero-order chi connectivity index (χ0) is 15.5. The van der Waals surface area contributed by atoms with Gasteiger partial charge in [-0.05, 0) is 30.7 Å². The average Bonchev–Trinajstić information content (AvgIpc) is 2.55. The summed E-state index contributed by atoms with van der Waals surface area (Å²) in [4.78, 5) is 12.2. The molecule has 0 N–H and O–H groups in total. The molecular weight excluding hydrogens is 280 g/mol. The Labute approximate surface area is 127 Å². The molecule has 22 heavy (non-hydrogen) atoms. The Morgan fingerprint density at radius 3 is 2.50 bits per heavy atom. The smallest absolute Gasteiger partial charge is 0.346 e. The maximum Gasteiger partial charge on any atom is 0.346 e. The maximum absolute atomic E-state index is 12.2. The lowest BCUT2D eigenvalue weighted by Gasteiger charge is -2.12. The summed E-state index contributed by atoms with van der Waals surface area (Å²) >= 11 is 0. The van der Waals surface area contributed by atoms with E-state index >= 15 is 0 Å². The number of benzene rings is 2. The summed E-state index contributed by atoms with van der Waals surface area (Å²) < 4.78 is 16.2. The second-order valence-corrected chi connectivity index (χ2v) is 4.76. The van der Waals surface area contributed by atoms with Crippen molar-refractivity contribution >= 4 is 10.8 Å². The molecule has 1 aromatic heterocycles. The fraction of sp³-hybridized carbons (Fsp3) is 0.167. The first-order valence-electron chi connectivity index (χ1n) is 7.07. The third kappa shape index (κ3) is 2.44. The molecule has 0 amide bonds. The molecule has 0 saturated carbocycles. The van der Waals surface area contributed by atoms with Gasteiger partial charge in [0.25, 0.3) is 5.95 Å². The molecule has 112 valence electrons. The van der Waals surface area contributed by atoms with Crippen LogP contribution in [-0.2, 0) is 0 Å².